The number of ether oxygens (including phenoxy) is 1. The molecule has 27 heavy (non-hydrogen) atoms. The third-order valence-corrected chi connectivity index (χ3v) is 4.40. The Morgan fingerprint density at radius 2 is 1.96 bits per heavy atom. The predicted molar refractivity (Wildman–Crippen MR) is 109 cm³/mol. The number of rotatable bonds is 12. The molecule has 0 bridgehead atoms. The number of hydrogen-bond donors (Lipinski definition) is 0. The van der Waals surface area contributed by atoms with Crippen molar-refractivity contribution in [2.24, 2.45) is 0 Å². The van der Waals surface area contributed by atoms with E-state index < -0.39 is 11.4 Å². The van der Waals surface area contributed by atoms with E-state index in [-0.39, 0.29) is 11.1 Å². The van der Waals surface area contributed by atoms with E-state index in [1.807, 2.05) is 6.08 Å². The number of unbranched alkanes of at least 4 members (excludes halogenated alkanes) is 4. The van der Waals surface area contributed by atoms with E-state index >= 15 is 0 Å². The number of benzene rings is 1. The van der Waals surface area contributed by atoms with E-state index in [0.29, 0.717) is 24.2 Å². The average Bonchev–Trinajstić information content (AvgIpc) is 2.65. The maximum Gasteiger partial charge on any atom is 0.346 e. The molecule has 3 nitrogen and oxygen atoms in total. The zero-order chi connectivity index (χ0) is 19.5. The van der Waals surface area contributed by atoms with Crippen LogP contribution in [0.15, 0.2) is 52.2 Å². The SMILES string of the molecule is C=CCC/C=C/CCc1cc2ccc(OCCCCCC)c(F)c2c(=O)o1. The summed E-state index contributed by atoms with van der Waals surface area (Å²) in [4.78, 5) is 12.3. The second kappa shape index (κ2) is 11.4. The van der Waals surface area contributed by atoms with E-state index in [9.17, 15) is 9.18 Å². The summed E-state index contributed by atoms with van der Waals surface area (Å²) >= 11 is 0. The summed E-state index contributed by atoms with van der Waals surface area (Å²) in [7, 11) is 0. The lowest BCUT2D eigenvalue weighted by Gasteiger charge is -2.09. The Kier molecular flexibility index (Phi) is 8.82. The number of allylic oxidation sites excluding steroid dienone is 3. The smallest absolute Gasteiger partial charge is 0.346 e. The summed E-state index contributed by atoms with van der Waals surface area (Å²) in [6.45, 7) is 6.27. The number of aryl methyl sites for hydroxylation is 1. The van der Waals surface area contributed by atoms with Gasteiger partial charge in [-0.2, -0.15) is 0 Å². The number of hydrogen-bond acceptors (Lipinski definition) is 3. The Morgan fingerprint density at radius 3 is 2.74 bits per heavy atom. The molecule has 2 aromatic rings. The molecule has 1 aromatic heterocycles. The van der Waals surface area contributed by atoms with Gasteiger partial charge in [0.2, 0.25) is 0 Å². The van der Waals surface area contributed by atoms with E-state index in [2.05, 4.69) is 25.7 Å². The van der Waals surface area contributed by atoms with Crippen LogP contribution in [0.5, 0.6) is 5.75 Å². The summed E-state index contributed by atoms with van der Waals surface area (Å²) in [6.07, 6.45) is 13.5. The molecule has 0 N–H and O–H groups in total. The Hall–Kier alpha value is -2.36. The Labute approximate surface area is 160 Å². The van der Waals surface area contributed by atoms with Crippen molar-refractivity contribution in [2.75, 3.05) is 6.61 Å². The Bertz CT molecular complexity index is 820. The highest BCUT2D eigenvalue weighted by Crippen LogP contribution is 2.25. The van der Waals surface area contributed by atoms with E-state index in [1.165, 1.54) is 0 Å². The predicted octanol–water partition coefficient (Wildman–Crippen LogP) is 6.35. The molecule has 4 heteroatoms. The fourth-order valence-electron chi connectivity index (χ4n) is 2.89. The van der Waals surface area contributed by atoms with Gasteiger partial charge in [-0.3, -0.25) is 0 Å². The number of halogens is 1. The highest BCUT2D eigenvalue weighted by molar-refractivity contribution is 5.83. The van der Waals surface area contributed by atoms with Crippen LogP contribution in [0.3, 0.4) is 0 Å². The third-order valence-electron chi connectivity index (χ3n) is 4.40. The minimum Gasteiger partial charge on any atom is -0.490 e. The van der Waals surface area contributed by atoms with Crippen molar-refractivity contribution in [3.63, 3.8) is 0 Å². The molecule has 0 amide bonds. The summed E-state index contributed by atoms with van der Waals surface area (Å²) in [5.41, 5.74) is -0.646. The molecule has 0 aliphatic rings. The standard InChI is InChI=1S/C23H29FO3/c1-3-5-7-9-10-11-13-19-17-18-14-15-20(26-16-12-8-6-4-2)22(24)21(18)23(25)27-19/h3,9-10,14-15,17H,1,4-8,11-13,16H2,2H3/b10-9+. The zero-order valence-electron chi connectivity index (χ0n) is 16.1. The molecule has 1 aromatic carbocycles. The van der Waals surface area contributed by atoms with Gasteiger partial charge in [0.05, 0.1) is 6.61 Å². The monoisotopic (exact) mass is 372 g/mol. The fraction of sp³-hybridized carbons (Fsp3) is 0.435. The molecule has 0 fully saturated rings. The largest absolute Gasteiger partial charge is 0.490 e. The summed E-state index contributed by atoms with van der Waals surface area (Å²) in [6, 6.07) is 5.05. The van der Waals surface area contributed by atoms with Gasteiger partial charge in [-0.25, -0.2) is 9.18 Å². The topological polar surface area (TPSA) is 39.4 Å². The lowest BCUT2D eigenvalue weighted by Crippen LogP contribution is -2.07. The molecular weight excluding hydrogens is 343 g/mol. The molecule has 0 aliphatic heterocycles. The Morgan fingerprint density at radius 1 is 1.15 bits per heavy atom. The van der Waals surface area contributed by atoms with Crippen LogP contribution < -0.4 is 10.4 Å². The van der Waals surface area contributed by atoms with Crippen LogP contribution in [0.2, 0.25) is 0 Å². The van der Waals surface area contributed by atoms with E-state index in [4.69, 9.17) is 9.15 Å². The third kappa shape index (κ3) is 6.38. The first kappa shape index (κ1) is 20.9. The van der Waals surface area contributed by atoms with Crippen LogP contribution in [0.1, 0.15) is 57.6 Å². The lowest BCUT2D eigenvalue weighted by molar-refractivity contribution is 0.291. The van der Waals surface area contributed by atoms with Crippen molar-refractivity contribution in [1.82, 2.24) is 0 Å². The molecule has 2 rings (SSSR count). The van der Waals surface area contributed by atoms with Gasteiger partial charge in [-0.15, -0.1) is 6.58 Å². The van der Waals surface area contributed by atoms with E-state index in [0.717, 1.165) is 44.9 Å². The minimum atomic E-state index is -0.646. The Balaban J connectivity index is 2.05. The number of fused-ring (bicyclic) bond motifs is 1. The average molecular weight is 372 g/mol. The first-order valence-corrected chi connectivity index (χ1v) is 9.81. The maximum absolute atomic E-state index is 14.7. The minimum absolute atomic E-state index is 0.0358. The van der Waals surface area contributed by atoms with Gasteiger partial charge < -0.3 is 9.15 Å². The van der Waals surface area contributed by atoms with Gasteiger partial charge in [-0.05, 0) is 43.2 Å². The van der Waals surface area contributed by atoms with Gasteiger partial charge in [-0.1, -0.05) is 50.5 Å². The van der Waals surface area contributed by atoms with Crippen LogP contribution in [-0.4, -0.2) is 6.61 Å². The molecule has 0 saturated heterocycles. The van der Waals surface area contributed by atoms with Crippen molar-refractivity contribution in [2.45, 2.75) is 58.3 Å². The molecule has 0 saturated carbocycles. The van der Waals surface area contributed by atoms with Crippen molar-refractivity contribution in [3.05, 3.63) is 65.0 Å². The van der Waals surface area contributed by atoms with Crippen LogP contribution in [0.25, 0.3) is 10.8 Å². The molecule has 0 unspecified atom stereocenters. The highest BCUT2D eigenvalue weighted by Gasteiger charge is 2.14. The van der Waals surface area contributed by atoms with Crippen LogP contribution >= 0.6 is 0 Å². The summed E-state index contributed by atoms with van der Waals surface area (Å²) in [5, 5.41) is 0.513. The van der Waals surface area contributed by atoms with Gasteiger partial charge in [0.25, 0.3) is 0 Å². The summed E-state index contributed by atoms with van der Waals surface area (Å²) in [5.74, 6) is 0.0466. The normalized spacial score (nSPS) is 11.3. The van der Waals surface area contributed by atoms with Gasteiger partial charge >= 0.3 is 5.63 Å². The maximum atomic E-state index is 14.7. The molecule has 1 heterocycles. The molecule has 0 atom stereocenters. The second-order valence-corrected chi connectivity index (χ2v) is 6.63. The second-order valence-electron chi connectivity index (χ2n) is 6.63. The van der Waals surface area contributed by atoms with Gasteiger partial charge in [0.1, 0.15) is 11.1 Å². The van der Waals surface area contributed by atoms with Gasteiger partial charge in [0.15, 0.2) is 11.6 Å². The molecule has 0 aliphatic carbocycles. The van der Waals surface area contributed by atoms with Gasteiger partial charge in [0, 0.05) is 6.42 Å². The van der Waals surface area contributed by atoms with Crippen LogP contribution in [-0.2, 0) is 6.42 Å². The fourth-order valence-corrected chi connectivity index (χ4v) is 2.89. The lowest BCUT2D eigenvalue weighted by atomic mass is 10.1. The molecule has 0 spiro atoms. The highest BCUT2D eigenvalue weighted by atomic mass is 19.1. The zero-order valence-corrected chi connectivity index (χ0v) is 16.1. The van der Waals surface area contributed by atoms with E-state index in [1.54, 1.807) is 18.2 Å². The van der Waals surface area contributed by atoms with Crippen molar-refractivity contribution < 1.29 is 13.5 Å². The first-order chi connectivity index (χ1) is 13.2. The molecule has 146 valence electrons. The van der Waals surface area contributed by atoms with Crippen molar-refractivity contribution >= 4 is 10.8 Å². The van der Waals surface area contributed by atoms with Crippen molar-refractivity contribution in [3.8, 4) is 5.75 Å². The van der Waals surface area contributed by atoms with Crippen LogP contribution in [0.4, 0.5) is 4.39 Å². The molecule has 0 radical (unpaired) electrons. The first-order valence-electron chi connectivity index (χ1n) is 9.81. The molecular formula is C23H29FO3. The summed E-state index contributed by atoms with van der Waals surface area (Å²) < 4.78 is 25.5. The van der Waals surface area contributed by atoms with Crippen LogP contribution in [0, 0.1) is 5.82 Å². The quantitative estimate of drug-likeness (QED) is 0.322. The van der Waals surface area contributed by atoms with Crippen molar-refractivity contribution in [1.29, 1.82) is 0 Å².